The summed E-state index contributed by atoms with van der Waals surface area (Å²) in [6, 6.07) is 10.5. The van der Waals surface area contributed by atoms with E-state index in [1.807, 2.05) is 31.2 Å². The van der Waals surface area contributed by atoms with Crippen LogP contribution in [0, 0.1) is 18.6 Å². The smallest absolute Gasteiger partial charge is 0.363 e. The number of hydrogen-bond acceptors (Lipinski definition) is 3. The third kappa shape index (κ3) is 2.79. The van der Waals surface area contributed by atoms with Crippen molar-refractivity contribution in [3.63, 3.8) is 0 Å². The van der Waals surface area contributed by atoms with Crippen molar-refractivity contribution in [1.82, 2.24) is 0 Å². The van der Waals surface area contributed by atoms with Gasteiger partial charge in [-0.1, -0.05) is 29.8 Å². The number of carbonyl (C=O) groups excluding carboxylic acids is 1. The van der Waals surface area contributed by atoms with Gasteiger partial charge in [0, 0.05) is 6.07 Å². The van der Waals surface area contributed by atoms with Crippen LogP contribution in [0.1, 0.15) is 16.7 Å². The molecule has 0 saturated carbocycles. The van der Waals surface area contributed by atoms with Gasteiger partial charge < -0.3 is 4.74 Å². The monoisotopic (exact) mass is 299 g/mol. The topological polar surface area (TPSA) is 38.7 Å². The van der Waals surface area contributed by atoms with Gasteiger partial charge in [0.1, 0.15) is 11.6 Å². The molecule has 0 radical (unpaired) electrons. The van der Waals surface area contributed by atoms with Crippen LogP contribution in [0.15, 0.2) is 53.2 Å². The molecule has 5 heteroatoms. The first-order chi connectivity index (χ1) is 10.5. The van der Waals surface area contributed by atoms with Crippen LogP contribution in [0.3, 0.4) is 0 Å². The molecule has 0 amide bonds. The van der Waals surface area contributed by atoms with Gasteiger partial charge in [-0.3, -0.25) is 0 Å². The van der Waals surface area contributed by atoms with Crippen LogP contribution in [-0.2, 0) is 9.53 Å². The van der Waals surface area contributed by atoms with Crippen LogP contribution in [0.2, 0.25) is 0 Å². The van der Waals surface area contributed by atoms with E-state index in [-0.39, 0.29) is 17.2 Å². The second-order valence-corrected chi connectivity index (χ2v) is 4.87. The quantitative estimate of drug-likeness (QED) is 0.627. The van der Waals surface area contributed by atoms with Crippen LogP contribution >= 0.6 is 0 Å². The average molecular weight is 299 g/mol. The van der Waals surface area contributed by atoms with Crippen molar-refractivity contribution in [2.45, 2.75) is 6.92 Å². The number of hydrogen-bond donors (Lipinski definition) is 0. The molecule has 0 saturated heterocycles. The van der Waals surface area contributed by atoms with Crippen LogP contribution in [0.4, 0.5) is 8.78 Å². The number of benzene rings is 2. The normalized spacial score (nSPS) is 15.9. The highest BCUT2D eigenvalue weighted by molar-refractivity contribution is 6.12. The molecule has 0 N–H and O–H groups in total. The average Bonchev–Trinajstić information content (AvgIpc) is 2.80. The predicted octanol–water partition coefficient (Wildman–Crippen LogP) is 3.62. The minimum Gasteiger partial charge on any atom is -0.402 e. The molecule has 110 valence electrons. The van der Waals surface area contributed by atoms with E-state index in [9.17, 15) is 13.6 Å². The Balaban J connectivity index is 1.98. The zero-order valence-electron chi connectivity index (χ0n) is 11.6. The van der Waals surface area contributed by atoms with Gasteiger partial charge in [-0.25, -0.2) is 18.6 Å². The van der Waals surface area contributed by atoms with Gasteiger partial charge in [-0.2, -0.15) is 0 Å². The number of aryl methyl sites for hydroxylation is 1. The Hall–Kier alpha value is -2.82. The van der Waals surface area contributed by atoms with Crippen LogP contribution in [-0.4, -0.2) is 11.9 Å². The van der Waals surface area contributed by atoms with Gasteiger partial charge in [-0.05, 0) is 30.7 Å². The third-order valence-electron chi connectivity index (χ3n) is 3.13. The lowest BCUT2D eigenvalue weighted by atomic mass is 10.1. The van der Waals surface area contributed by atoms with Crippen molar-refractivity contribution >= 4 is 17.9 Å². The number of cyclic esters (lactones) is 1. The maximum atomic E-state index is 13.7. The summed E-state index contributed by atoms with van der Waals surface area (Å²) in [6.45, 7) is 1.93. The van der Waals surface area contributed by atoms with E-state index in [1.54, 1.807) is 6.08 Å². The van der Waals surface area contributed by atoms with E-state index in [0.717, 1.165) is 17.2 Å². The van der Waals surface area contributed by atoms with Gasteiger partial charge in [0.05, 0.1) is 5.56 Å². The molecule has 0 fully saturated rings. The Labute approximate surface area is 125 Å². The largest absolute Gasteiger partial charge is 0.402 e. The van der Waals surface area contributed by atoms with Crippen molar-refractivity contribution in [2.24, 2.45) is 4.99 Å². The fourth-order valence-electron chi connectivity index (χ4n) is 2.11. The van der Waals surface area contributed by atoms with Crippen LogP contribution in [0.5, 0.6) is 0 Å². The lowest BCUT2D eigenvalue weighted by molar-refractivity contribution is -0.129. The lowest BCUT2D eigenvalue weighted by Crippen LogP contribution is -2.07. The first-order valence-electron chi connectivity index (χ1n) is 6.57. The highest BCUT2D eigenvalue weighted by atomic mass is 19.1. The Kier molecular flexibility index (Phi) is 3.55. The molecule has 1 heterocycles. The molecule has 0 bridgehead atoms. The molecule has 0 atom stereocenters. The van der Waals surface area contributed by atoms with Crippen LogP contribution < -0.4 is 0 Å². The highest BCUT2D eigenvalue weighted by Crippen LogP contribution is 2.21. The number of esters is 1. The molecular formula is C17H11F2NO2. The molecule has 1 aliphatic heterocycles. The molecule has 3 nitrogen and oxygen atoms in total. The molecule has 1 aliphatic rings. The summed E-state index contributed by atoms with van der Waals surface area (Å²) < 4.78 is 31.6. The second-order valence-electron chi connectivity index (χ2n) is 4.87. The zero-order valence-corrected chi connectivity index (χ0v) is 11.6. The van der Waals surface area contributed by atoms with Gasteiger partial charge >= 0.3 is 5.97 Å². The maximum Gasteiger partial charge on any atom is 0.363 e. The van der Waals surface area contributed by atoms with Crippen LogP contribution in [0.25, 0.3) is 6.08 Å². The second kappa shape index (κ2) is 5.52. The maximum absolute atomic E-state index is 13.7. The first kappa shape index (κ1) is 14.1. The summed E-state index contributed by atoms with van der Waals surface area (Å²) in [7, 11) is 0. The molecule has 2 aromatic rings. The molecule has 3 rings (SSSR count). The molecule has 0 spiro atoms. The number of halogens is 2. The summed E-state index contributed by atoms with van der Waals surface area (Å²) in [4.78, 5) is 15.8. The summed E-state index contributed by atoms with van der Waals surface area (Å²) in [5.74, 6) is -2.37. The fraction of sp³-hybridized carbons (Fsp3) is 0.0588. The SMILES string of the molecule is Cc1cccc(C=C2N=C(c3ccc(F)cc3F)OC2=O)c1. The van der Waals surface area contributed by atoms with Crippen molar-refractivity contribution in [3.05, 3.63) is 76.5 Å². The summed E-state index contributed by atoms with van der Waals surface area (Å²) >= 11 is 0. The van der Waals surface area contributed by atoms with Crippen molar-refractivity contribution in [2.75, 3.05) is 0 Å². The van der Waals surface area contributed by atoms with E-state index in [2.05, 4.69) is 4.99 Å². The third-order valence-corrected chi connectivity index (χ3v) is 3.13. The van der Waals surface area contributed by atoms with E-state index in [1.165, 1.54) is 6.07 Å². The molecule has 0 unspecified atom stereocenters. The van der Waals surface area contributed by atoms with Gasteiger partial charge in [0.15, 0.2) is 5.70 Å². The van der Waals surface area contributed by atoms with E-state index in [4.69, 9.17) is 4.74 Å². The first-order valence-corrected chi connectivity index (χ1v) is 6.57. The zero-order chi connectivity index (χ0) is 15.7. The molecule has 0 aliphatic carbocycles. The predicted molar refractivity (Wildman–Crippen MR) is 78.1 cm³/mol. The molecule has 0 aromatic heterocycles. The Morgan fingerprint density at radius 2 is 1.95 bits per heavy atom. The summed E-state index contributed by atoms with van der Waals surface area (Å²) in [5.41, 5.74) is 1.85. The van der Waals surface area contributed by atoms with E-state index < -0.39 is 17.6 Å². The number of ether oxygens (including phenoxy) is 1. The minimum atomic E-state index is -0.830. The van der Waals surface area contributed by atoms with Gasteiger partial charge in [0.2, 0.25) is 5.90 Å². The Morgan fingerprint density at radius 3 is 2.68 bits per heavy atom. The minimum absolute atomic E-state index is 0.0533. The van der Waals surface area contributed by atoms with Crippen molar-refractivity contribution in [3.8, 4) is 0 Å². The van der Waals surface area contributed by atoms with E-state index >= 15 is 0 Å². The van der Waals surface area contributed by atoms with Gasteiger partial charge in [0.25, 0.3) is 0 Å². The van der Waals surface area contributed by atoms with Crippen molar-refractivity contribution in [1.29, 1.82) is 0 Å². The number of carbonyl (C=O) groups is 1. The number of aliphatic imine (C=N–C) groups is 1. The fourth-order valence-corrected chi connectivity index (χ4v) is 2.11. The van der Waals surface area contributed by atoms with Crippen molar-refractivity contribution < 1.29 is 18.3 Å². The van der Waals surface area contributed by atoms with Gasteiger partial charge in [-0.15, -0.1) is 0 Å². The Bertz CT molecular complexity index is 825. The number of nitrogens with zero attached hydrogens (tertiary/aromatic N) is 1. The molecule has 2 aromatic carbocycles. The Morgan fingerprint density at radius 1 is 1.14 bits per heavy atom. The highest BCUT2D eigenvalue weighted by Gasteiger charge is 2.26. The molecular weight excluding hydrogens is 288 g/mol. The van der Waals surface area contributed by atoms with E-state index in [0.29, 0.717) is 6.07 Å². The molecule has 22 heavy (non-hydrogen) atoms. The standard InChI is InChI=1S/C17H11F2NO2/c1-10-3-2-4-11(7-10)8-15-17(21)22-16(20-15)13-6-5-12(18)9-14(13)19/h2-9H,1H3. The summed E-state index contributed by atoms with van der Waals surface area (Å²) in [5, 5.41) is 0. The lowest BCUT2D eigenvalue weighted by Gasteiger charge is -2.00. The number of rotatable bonds is 2. The summed E-state index contributed by atoms with van der Waals surface area (Å²) in [6.07, 6.45) is 1.56.